The van der Waals surface area contributed by atoms with Crippen LogP contribution in [-0.4, -0.2) is 18.7 Å². The zero-order chi connectivity index (χ0) is 19.8. The summed E-state index contributed by atoms with van der Waals surface area (Å²) in [5.41, 5.74) is -0.0649. The zero-order valence-electron chi connectivity index (χ0n) is 15.8. The van der Waals surface area contributed by atoms with Crippen LogP contribution in [-0.2, 0) is 0 Å². The van der Waals surface area contributed by atoms with Gasteiger partial charge in [-0.2, -0.15) is 4.39 Å². The Morgan fingerprint density at radius 3 is 2.52 bits per heavy atom. The molecule has 1 nitrogen and oxygen atoms in total. The summed E-state index contributed by atoms with van der Waals surface area (Å²) in [6.45, 7) is 3.71. The van der Waals surface area contributed by atoms with Crippen LogP contribution in [0.2, 0.25) is 0 Å². The first-order chi connectivity index (χ1) is 12.8. The molecule has 152 valence electrons. The highest BCUT2D eigenvalue weighted by atomic mass is 19.3. The summed E-state index contributed by atoms with van der Waals surface area (Å²) in [7, 11) is 0. The Labute approximate surface area is 157 Å². The second-order valence-corrected chi connectivity index (χ2v) is 7.95. The van der Waals surface area contributed by atoms with Crippen molar-refractivity contribution in [1.82, 2.24) is 0 Å². The van der Waals surface area contributed by atoms with E-state index in [1.807, 2.05) is 6.92 Å². The molecule has 27 heavy (non-hydrogen) atoms. The van der Waals surface area contributed by atoms with E-state index in [0.29, 0.717) is 19.3 Å². The highest BCUT2D eigenvalue weighted by Gasteiger charge is 2.53. The van der Waals surface area contributed by atoms with E-state index in [1.54, 1.807) is 6.92 Å². The molecule has 2 aliphatic carbocycles. The predicted molar refractivity (Wildman–Crippen MR) is 94.0 cm³/mol. The van der Waals surface area contributed by atoms with E-state index in [-0.39, 0.29) is 37.2 Å². The highest BCUT2D eigenvalue weighted by Crippen LogP contribution is 2.55. The van der Waals surface area contributed by atoms with Crippen molar-refractivity contribution in [3.8, 4) is 5.75 Å². The predicted octanol–water partition coefficient (Wildman–Crippen LogP) is 6.66. The van der Waals surface area contributed by atoms with Crippen molar-refractivity contribution < 1.29 is 26.7 Å². The lowest BCUT2D eigenvalue weighted by Crippen LogP contribution is -2.29. The van der Waals surface area contributed by atoms with Crippen LogP contribution in [0.15, 0.2) is 12.1 Å². The van der Waals surface area contributed by atoms with Crippen LogP contribution in [0.3, 0.4) is 0 Å². The van der Waals surface area contributed by atoms with Gasteiger partial charge in [0.25, 0.3) is 5.92 Å². The molecule has 0 saturated heterocycles. The van der Waals surface area contributed by atoms with Crippen LogP contribution >= 0.6 is 0 Å². The van der Waals surface area contributed by atoms with Gasteiger partial charge in [0.2, 0.25) is 5.82 Å². The van der Waals surface area contributed by atoms with E-state index in [9.17, 15) is 17.6 Å². The molecule has 5 unspecified atom stereocenters. The number of halogens is 5. The molecule has 1 aromatic carbocycles. The normalized spacial score (nSPS) is 32.8. The molecular weight excluding hydrogens is 363 g/mol. The maximum Gasteiger partial charge on any atom is 0.251 e. The van der Waals surface area contributed by atoms with Crippen LogP contribution in [0, 0.1) is 29.4 Å². The lowest BCUT2D eigenvalue weighted by atomic mass is 9.87. The summed E-state index contributed by atoms with van der Waals surface area (Å²) >= 11 is 0. The highest BCUT2D eigenvalue weighted by molar-refractivity contribution is 5.34. The fraction of sp³-hybridized carbons (Fsp3) is 0.714. The third kappa shape index (κ3) is 3.81. The Kier molecular flexibility index (Phi) is 6.02. The number of fused-ring (bicyclic) bond motifs is 1. The molecule has 0 bridgehead atoms. The summed E-state index contributed by atoms with van der Waals surface area (Å²) in [5, 5.41) is 0. The lowest BCUT2D eigenvalue weighted by molar-refractivity contribution is -0.0758. The van der Waals surface area contributed by atoms with Gasteiger partial charge in [-0.25, -0.2) is 17.6 Å². The minimum Gasteiger partial charge on any atom is -0.491 e. The molecule has 0 aliphatic heterocycles. The van der Waals surface area contributed by atoms with Gasteiger partial charge in [-0.1, -0.05) is 19.4 Å². The molecule has 1 aromatic rings. The summed E-state index contributed by atoms with van der Waals surface area (Å²) in [6, 6.07) is 2.63. The Hall–Kier alpha value is -1.33. The van der Waals surface area contributed by atoms with Crippen LogP contribution in [0.5, 0.6) is 5.75 Å². The van der Waals surface area contributed by atoms with Gasteiger partial charge in [-0.15, -0.1) is 0 Å². The topological polar surface area (TPSA) is 9.23 Å². The average molecular weight is 390 g/mol. The molecule has 0 aromatic heterocycles. The van der Waals surface area contributed by atoms with Crippen molar-refractivity contribution in [2.75, 3.05) is 6.61 Å². The number of alkyl halides is 3. The van der Waals surface area contributed by atoms with Crippen molar-refractivity contribution in [1.29, 1.82) is 0 Å². The van der Waals surface area contributed by atoms with Crippen molar-refractivity contribution in [2.45, 2.75) is 70.4 Å². The molecule has 2 aliphatic rings. The van der Waals surface area contributed by atoms with Gasteiger partial charge < -0.3 is 4.74 Å². The number of rotatable bonds is 5. The third-order valence-corrected chi connectivity index (χ3v) is 6.35. The SMILES string of the molecule is CCCC1CCC2C(CC(c3ccc(OCC)c(F)c3F)C2F)CC1(F)F. The molecule has 0 radical (unpaired) electrons. The van der Waals surface area contributed by atoms with Gasteiger partial charge in [0.1, 0.15) is 6.17 Å². The summed E-state index contributed by atoms with van der Waals surface area (Å²) < 4.78 is 78.1. The summed E-state index contributed by atoms with van der Waals surface area (Å²) in [5.74, 6) is -7.92. The van der Waals surface area contributed by atoms with E-state index >= 15 is 4.39 Å². The monoisotopic (exact) mass is 390 g/mol. The van der Waals surface area contributed by atoms with Crippen molar-refractivity contribution in [2.24, 2.45) is 17.8 Å². The largest absolute Gasteiger partial charge is 0.491 e. The fourth-order valence-electron chi connectivity index (χ4n) is 5.04. The second kappa shape index (κ2) is 7.96. The standard InChI is InChI=1S/C21H27F5O/c1-3-5-13-6-7-14-12(11-21(13,25)26)10-16(18(14)22)15-8-9-17(27-4-2)20(24)19(15)23/h8-9,12-14,16,18H,3-7,10-11H2,1-2H3. The first-order valence-corrected chi connectivity index (χ1v) is 9.92. The number of ether oxygens (including phenoxy) is 1. The van der Waals surface area contributed by atoms with Crippen LogP contribution in [0.1, 0.15) is 63.9 Å². The minimum atomic E-state index is -2.83. The number of hydrogen-bond donors (Lipinski definition) is 0. The van der Waals surface area contributed by atoms with E-state index in [2.05, 4.69) is 0 Å². The molecule has 2 fully saturated rings. The average Bonchev–Trinajstić information content (AvgIpc) is 2.83. The van der Waals surface area contributed by atoms with Gasteiger partial charge in [0, 0.05) is 18.3 Å². The quantitative estimate of drug-likeness (QED) is 0.511. The summed E-state index contributed by atoms with van der Waals surface area (Å²) in [6.07, 6.45) is 0.113. The summed E-state index contributed by atoms with van der Waals surface area (Å²) in [4.78, 5) is 0. The van der Waals surface area contributed by atoms with Crippen molar-refractivity contribution in [3.05, 3.63) is 29.3 Å². The smallest absolute Gasteiger partial charge is 0.251 e. The second-order valence-electron chi connectivity index (χ2n) is 7.95. The van der Waals surface area contributed by atoms with E-state index in [0.717, 1.165) is 0 Å². The zero-order valence-corrected chi connectivity index (χ0v) is 15.8. The molecule has 0 heterocycles. The maximum absolute atomic E-state index is 15.1. The molecular formula is C21H27F5O. The van der Waals surface area contributed by atoms with E-state index in [4.69, 9.17) is 4.74 Å². The number of benzene rings is 1. The Morgan fingerprint density at radius 2 is 1.85 bits per heavy atom. The van der Waals surface area contributed by atoms with Gasteiger partial charge in [-0.05, 0) is 56.1 Å². The van der Waals surface area contributed by atoms with Crippen molar-refractivity contribution >= 4 is 0 Å². The van der Waals surface area contributed by atoms with Crippen LogP contribution in [0.25, 0.3) is 0 Å². The molecule has 2 saturated carbocycles. The fourth-order valence-corrected chi connectivity index (χ4v) is 5.04. The van der Waals surface area contributed by atoms with Crippen LogP contribution in [0.4, 0.5) is 22.0 Å². The molecule has 5 atom stereocenters. The maximum atomic E-state index is 15.1. The van der Waals surface area contributed by atoms with Crippen molar-refractivity contribution in [3.63, 3.8) is 0 Å². The van der Waals surface area contributed by atoms with E-state index in [1.165, 1.54) is 12.1 Å². The van der Waals surface area contributed by atoms with Gasteiger partial charge in [0.15, 0.2) is 11.6 Å². The van der Waals surface area contributed by atoms with Gasteiger partial charge >= 0.3 is 0 Å². The Bertz CT molecular complexity index is 662. The molecule has 0 amide bonds. The Balaban J connectivity index is 1.83. The van der Waals surface area contributed by atoms with E-state index < -0.39 is 47.4 Å². The van der Waals surface area contributed by atoms with Gasteiger partial charge in [-0.3, -0.25) is 0 Å². The molecule has 3 rings (SSSR count). The van der Waals surface area contributed by atoms with Gasteiger partial charge in [0.05, 0.1) is 6.61 Å². The third-order valence-electron chi connectivity index (χ3n) is 6.35. The van der Waals surface area contributed by atoms with Crippen LogP contribution < -0.4 is 4.74 Å². The first-order valence-electron chi connectivity index (χ1n) is 9.92. The Morgan fingerprint density at radius 1 is 1.11 bits per heavy atom. The minimum absolute atomic E-state index is 0.0649. The molecule has 0 spiro atoms. The number of hydrogen-bond acceptors (Lipinski definition) is 1. The first kappa shape index (κ1) is 20.4. The lowest BCUT2D eigenvalue weighted by Gasteiger charge is -2.26. The molecule has 0 N–H and O–H groups in total. The molecule has 6 heteroatoms.